The van der Waals surface area contributed by atoms with Crippen molar-refractivity contribution in [1.29, 1.82) is 0 Å². The average Bonchev–Trinajstić information content (AvgIpc) is 2.79. The number of aliphatic hydroxyl groups is 1. The number of methoxy groups -OCH3 is 4. The van der Waals surface area contributed by atoms with Gasteiger partial charge in [-0.1, -0.05) is 12.6 Å². The van der Waals surface area contributed by atoms with Gasteiger partial charge in [0.15, 0.2) is 23.0 Å². The Morgan fingerprint density at radius 1 is 0.933 bits per heavy atom. The van der Waals surface area contributed by atoms with E-state index < -0.39 is 6.04 Å². The highest BCUT2D eigenvalue weighted by atomic mass is 16.5. The minimum absolute atomic E-state index is 0.125. The smallest absolute Gasteiger partial charge is 0.256 e. The van der Waals surface area contributed by atoms with Gasteiger partial charge in [0.2, 0.25) is 5.75 Å². The minimum Gasteiger partial charge on any atom is -0.493 e. The van der Waals surface area contributed by atoms with Crippen molar-refractivity contribution in [2.75, 3.05) is 46.6 Å². The number of β-lactam (4-membered cyclic amide) rings is 1. The van der Waals surface area contributed by atoms with Gasteiger partial charge >= 0.3 is 0 Å². The fourth-order valence-corrected chi connectivity index (χ4v) is 3.43. The Hall–Kier alpha value is -3.39. The number of hydrogen-bond acceptors (Lipinski definition) is 7. The van der Waals surface area contributed by atoms with E-state index in [0.29, 0.717) is 40.0 Å². The zero-order valence-corrected chi connectivity index (χ0v) is 17.4. The van der Waals surface area contributed by atoms with Crippen molar-refractivity contribution in [1.82, 2.24) is 0 Å². The van der Waals surface area contributed by atoms with E-state index in [0.717, 1.165) is 5.56 Å². The molecule has 1 amide bonds. The van der Waals surface area contributed by atoms with Gasteiger partial charge in [-0.2, -0.15) is 0 Å². The Labute approximate surface area is 175 Å². The van der Waals surface area contributed by atoms with Crippen LogP contribution in [0.2, 0.25) is 0 Å². The first kappa shape index (κ1) is 21.3. The third kappa shape index (κ3) is 3.61. The zero-order valence-electron chi connectivity index (χ0n) is 17.4. The molecule has 0 radical (unpaired) electrons. The van der Waals surface area contributed by atoms with Gasteiger partial charge in [-0.15, -0.1) is 0 Å². The molecule has 0 aromatic heterocycles. The summed E-state index contributed by atoms with van der Waals surface area (Å²) in [6.45, 7) is 3.94. The van der Waals surface area contributed by atoms with Crippen molar-refractivity contribution in [2.45, 2.75) is 6.04 Å². The molecule has 0 aliphatic carbocycles. The van der Waals surface area contributed by atoms with Crippen molar-refractivity contribution in [2.24, 2.45) is 0 Å². The van der Waals surface area contributed by atoms with Gasteiger partial charge in [0.05, 0.1) is 46.8 Å². The van der Waals surface area contributed by atoms with E-state index in [9.17, 15) is 4.79 Å². The summed E-state index contributed by atoms with van der Waals surface area (Å²) in [7, 11) is 6.09. The molecular weight excluding hydrogens is 390 g/mol. The van der Waals surface area contributed by atoms with Crippen LogP contribution in [-0.4, -0.2) is 52.7 Å². The fraction of sp³-hybridized carbons (Fsp3) is 0.318. The molecule has 0 bridgehead atoms. The van der Waals surface area contributed by atoms with Crippen molar-refractivity contribution < 1.29 is 33.6 Å². The van der Waals surface area contributed by atoms with Crippen LogP contribution in [0.5, 0.6) is 28.7 Å². The van der Waals surface area contributed by atoms with Gasteiger partial charge in [0.25, 0.3) is 5.91 Å². The predicted molar refractivity (Wildman–Crippen MR) is 111 cm³/mol. The fourth-order valence-electron chi connectivity index (χ4n) is 3.43. The summed E-state index contributed by atoms with van der Waals surface area (Å²) in [5.41, 5.74) is 1.82. The number of aliphatic hydroxyl groups excluding tert-OH is 1. The molecule has 2 aromatic rings. The first-order chi connectivity index (χ1) is 14.5. The molecule has 8 nitrogen and oxygen atoms in total. The monoisotopic (exact) mass is 415 g/mol. The maximum absolute atomic E-state index is 12.7. The third-order valence-electron chi connectivity index (χ3n) is 4.86. The van der Waals surface area contributed by atoms with E-state index in [1.54, 1.807) is 29.2 Å². The van der Waals surface area contributed by atoms with Crippen LogP contribution in [0.3, 0.4) is 0 Å². The molecule has 8 heteroatoms. The number of carbonyl (C=O) groups is 1. The van der Waals surface area contributed by atoms with E-state index in [-0.39, 0.29) is 19.1 Å². The molecule has 1 aliphatic rings. The summed E-state index contributed by atoms with van der Waals surface area (Å²) >= 11 is 0. The molecule has 1 aliphatic heterocycles. The van der Waals surface area contributed by atoms with Crippen molar-refractivity contribution in [3.05, 3.63) is 48.0 Å². The van der Waals surface area contributed by atoms with Gasteiger partial charge in [0, 0.05) is 17.7 Å². The molecule has 1 atom stereocenters. The maximum Gasteiger partial charge on any atom is 0.256 e. The Bertz CT molecular complexity index is 931. The van der Waals surface area contributed by atoms with Crippen LogP contribution < -0.4 is 28.6 Å². The largest absolute Gasteiger partial charge is 0.493 e. The number of rotatable bonds is 9. The topological polar surface area (TPSA) is 86.7 Å². The molecule has 2 aromatic carbocycles. The summed E-state index contributed by atoms with van der Waals surface area (Å²) in [5, 5.41) is 9.07. The highest BCUT2D eigenvalue weighted by Crippen LogP contribution is 2.48. The van der Waals surface area contributed by atoms with Gasteiger partial charge in [-0.25, -0.2) is 0 Å². The number of benzene rings is 2. The lowest BCUT2D eigenvalue weighted by Crippen LogP contribution is -2.48. The molecule has 30 heavy (non-hydrogen) atoms. The summed E-state index contributed by atoms with van der Waals surface area (Å²) in [6, 6.07) is 8.41. The SMILES string of the molecule is C=C1C(=O)N(c2cc(OC)c(OC)c(OC)c2)[C@H]1c1ccc(OC)c(OCCO)c1. The van der Waals surface area contributed by atoms with Crippen molar-refractivity contribution >= 4 is 11.6 Å². The molecule has 1 N–H and O–H groups in total. The van der Waals surface area contributed by atoms with Crippen molar-refractivity contribution in [3.63, 3.8) is 0 Å². The van der Waals surface area contributed by atoms with E-state index in [1.807, 2.05) is 6.07 Å². The van der Waals surface area contributed by atoms with Crippen LogP contribution in [0.15, 0.2) is 42.5 Å². The quantitative estimate of drug-likeness (QED) is 0.498. The van der Waals surface area contributed by atoms with Gasteiger partial charge < -0.3 is 28.8 Å². The normalized spacial score (nSPS) is 15.5. The molecule has 160 valence electrons. The summed E-state index contributed by atoms with van der Waals surface area (Å²) in [5.74, 6) is 2.12. The minimum atomic E-state index is -0.400. The van der Waals surface area contributed by atoms with Crippen LogP contribution >= 0.6 is 0 Å². The molecular formula is C22H25NO7. The zero-order chi connectivity index (χ0) is 21.8. The lowest BCUT2D eigenvalue weighted by Gasteiger charge is -2.42. The Morgan fingerprint density at radius 3 is 2.10 bits per heavy atom. The van der Waals surface area contributed by atoms with Gasteiger partial charge in [0.1, 0.15) is 6.61 Å². The maximum atomic E-state index is 12.7. The summed E-state index contributed by atoms with van der Waals surface area (Å²) in [6.07, 6.45) is 0. The Morgan fingerprint density at radius 2 is 1.57 bits per heavy atom. The second-order valence-corrected chi connectivity index (χ2v) is 6.47. The van der Waals surface area contributed by atoms with E-state index in [2.05, 4.69) is 6.58 Å². The molecule has 0 unspecified atom stereocenters. The molecule has 1 heterocycles. The first-order valence-corrected chi connectivity index (χ1v) is 9.24. The van der Waals surface area contributed by atoms with Gasteiger partial charge in [-0.05, 0) is 17.7 Å². The molecule has 0 spiro atoms. The van der Waals surface area contributed by atoms with E-state index in [4.69, 9.17) is 28.8 Å². The van der Waals surface area contributed by atoms with E-state index in [1.165, 1.54) is 28.4 Å². The number of ether oxygens (including phenoxy) is 5. The molecule has 3 rings (SSSR count). The highest BCUT2D eigenvalue weighted by molar-refractivity contribution is 6.15. The Kier molecular flexibility index (Phi) is 6.37. The summed E-state index contributed by atoms with van der Waals surface area (Å²) in [4.78, 5) is 14.3. The number of nitrogens with zero attached hydrogens (tertiary/aromatic N) is 1. The van der Waals surface area contributed by atoms with Gasteiger partial charge in [-0.3, -0.25) is 9.69 Å². The van der Waals surface area contributed by atoms with Crippen molar-refractivity contribution in [3.8, 4) is 28.7 Å². The molecule has 0 saturated carbocycles. The van der Waals surface area contributed by atoms with Crippen LogP contribution in [0.1, 0.15) is 11.6 Å². The van der Waals surface area contributed by atoms with Crippen LogP contribution in [0.25, 0.3) is 0 Å². The number of amides is 1. The first-order valence-electron chi connectivity index (χ1n) is 9.24. The third-order valence-corrected chi connectivity index (χ3v) is 4.86. The second-order valence-electron chi connectivity index (χ2n) is 6.47. The second kappa shape index (κ2) is 8.96. The predicted octanol–water partition coefficient (Wildman–Crippen LogP) is 2.74. The van der Waals surface area contributed by atoms with Crippen LogP contribution in [-0.2, 0) is 4.79 Å². The number of carbonyl (C=O) groups excluding carboxylic acids is 1. The van der Waals surface area contributed by atoms with E-state index >= 15 is 0 Å². The summed E-state index contributed by atoms with van der Waals surface area (Å²) < 4.78 is 27.1. The lowest BCUT2D eigenvalue weighted by atomic mass is 9.88. The molecule has 1 saturated heterocycles. The number of anilines is 1. The Balaban J connectivity index is 2.03. The average molecular weight is 415 g/mol. The number of hydrogen-bond donors (Lipinski definition) is 1. The van der Waals surface area contributed by atoms with Crippen LogP contribution in [0.4, 0.5) is 5.69 Å². The standard InChI is InChI=1S/C22H25NO7/c1-13-20(14-6-7-16(26-2)17(10-14)30-9-8-24)23(22(13)25)15-11-18(27-3)21(29-5)19(12-15)28-4/h6-7,10-12,20,24H,1,8-9H2,2-5H3/t20-/m1/s1. The van der Waals surface area contributed by atoms with Crippen LogP contribution in [0, 0.1) is 0 Å². The molecule has 1 fully saturated rings. The highest BCUT2D eigenvalue weighted by Gasteiger charge is 2.43. The lowest BCUT2D eigenvalue weighted by molar-refractivity contribution is -0.118.